The number of anilines is 3. The molecule has 0 radical (unpaired) electrons. The number of aromatic nitrogens is 1. The maximum absolute atomic E-state index is 13.8. The summed E-state index contributed by atoms with van der Waals surface area (Å²) in [6.07, 6.45) is 2.47. The number of carboxylic acid groups (broad SMARTS) is 2. The van der Waals surface area contributed by atoms with Crippen LogP contribution in [0.5, 0.6) is 11.5 Å². The second-order valence-electron chi connectivity index (χ2n) is 13.1. The van der Waals surface area contributed by atoms with Gasteiger partial charge in [0, 0.05) is 50.3 Å². The number of piperazine rings is 1. The maximum Gasteiger partial charge on any atom is 0.414 e. The third-order valence-electron chi connectivity index (χ3n) is 9.21. The highest BCUT2D eigenvalue weighted by Crippen LogP contribution is 2.33. The van der Waals surface area contributed by atoms with E-state index in [0.29, 0.717) is 59.3 Å². The average Bonchev–Trinajstić information content (AvgIpc) is 3.71. The summed E-state index contributed by atoms with van der Waals surface area (Å²) in [5, 5.41) is 18.2. The number of halogens is 2. The van der Waals surface area contributed by atoms with Gasteiger partial charge in [-0.3, -0.25) is 24.2 Å². The lowest BCUT2D eigenvalue weighted by molar-refractivity contribution is -0.159. The zero-order valence-electron chi connectivity index (χ0n) is 30.8. The first-order valence-electron chi connectivity index (χ1n) is 18.0. The second-order valence-corrected chi connectivity index (χ2v) is 13.9. The van der Waals surface area contributed by atoms with Crippen molar-refractivity contribution in [3.8, 4) is 11.5 Å². The van der Waals surface area contributed by atoms with Crippen molar-refractivity contribution in [2.75, 3.05) is 43.2 Å². The van der Waals surface area contributed by atoms with E-state index in [4.69, 9.17) is 52.5 Å². The Morgan fingerprint density at radius 1 is 0.724 bits per heavy atom. The molecule has 0 bridgehead atoms. The van der Waals surface area contributed by atoms with E-state index in [1.54, 1.807) is 48.5 Å². The van der Waals surface area contributed by atoms with Crippen molar-refractivity contribution in [2.24, 2.45) is 0 Å². The van der Waals surface area contributed by atoms with Gasteiger partial charge in [0.25, 0.3) is 11.8 Å². The number of amides is 3. The fourth-order valence-electron chi connectivity index (χ4n) is 6.17. The molecule has 1 aromatic heterocycles. The molecule has 2 aliphatic heterocycles. The van der Waals surface area contributed by atoms with Crippen LogP contribution in [0.3, 0.4) is 0 Å². The second kappa shape index (κ2) is 19.1. The van der Waals surface area contributed by atoms with Crippen LogP contribution in [-0.4, -0.2) is 87.6 Å². The predicted octanol–water partition coefficient (Wildman–Crippen LogP) is 6.78. The SMILES string of the molecule is O=C(Nc1ccc(N(C(=O)c2ccccc2)c2ccc(CCC(=O)N3CCN(Cc4ccc5c(c4)OCO5)CC3)cc2)nc1)c1ccc(Cl)c(Cl)c1.O=C(O)C(=O)O. The van der Waals surface area contributed by atoms with E-state index in [0.717, 1.165) is 42.3 Å². The minimum atomic E-state index is -1.82. The molecule has 7 rings (SSSR count). The van der Waals surface area contributed by atoms with E-state index in [1.807, 2.05) is 47.4 Å². The largest absolute Gasteiger partial charge is 0.473 e. The molecule has 16 heteroatoms. The van der Waals surface area contributed by atoms with Gasteiger partial charge in [-0.1, -0.05) is 59.6 Å². The number of carbonyl (C=O) groups excluding carboxylic acids is 3. The van der Waals surface area contributed by atoms with Crippen molar-refractivity contribution in [3.05, 3.63) is 142 Å². The smallest absolute Gasteiger partial charge is 0.414 e. The third-order valence-corrected chi connectivity index (χ3v) is 9.95. The average molecular weight is 827 g/mol. The molecular formula is C42H37Cl2N5O9. The van der Waals surface area contributed by atoms with E-state index in [-0.39, 0.29) is 29.5 Å². The Morgan fingerprint density at radius 2 is 1.41 bits per heavy atom. The zero-order valence-corrected chi connectivity index (χ0v) is 32.4. The number of hydrogen-bond donors (Lipinski definition) is 3. The van der Waals surface area contributed by atoms with Crippen molar-refractivity contribution in [3.63, 3.8) is 0 Å². The lowest BCUT2D eigenvalue weighted by Gasteiger charge is -2.35. The summed E-state index contributed by atoms with van der Waals surface area (Å²) in [4.78, 5) is 68.3. The first-order chi connectivity index (χ1) is 27.9. The van der Waals surface area contributed by atoms with Gasteiger partial charge in [0.15, 0.2) is 11.5 Å². The number of aryl methyl sites for hydroxylation is 1. The molecule has 3 N–H and O–H groups in total. The predicted molar refractivity (Wildman–Crippen MR) is 216 cm³/mol. The van der Waals surface area contributed by atoms with Crippen molar-refractivity contribution in [1.82, 2.24) is 14.8 Å². The number of ether oxygens (including phenoxy) is 2. The Bertz CT molecular complexity index is 2270. The van der Waals surface area contributed by atoms with Crippen molar-refractivity contribution < 1.29 is 43.7 Å². The lowest BCUT2D eigenvalue weighted by Crippen LogP contribution is -2.48. The van der Waals surface area contributed by atoms with E-state index < -0.39 is 11.9 Å². The highest BCUT2D eigenvalue weighted by Gasteiger charge is 2.24. The van der Waals surface area contributed by atoms with Crippen molar-refractivity contribution in [2.45, 2.75) is 19.4 Å². The standard InChI is InChI=1S/C40H35Cl2N5O5.C2H2O4/c41-33-14-10-30(23-34(33)42)39(49)44-31-11-16-37(43-24-31)47(40(50)29-4-2-1-3-5-29)32-12-6-27(7-13-32)9-17-38(48)46-20-18-45(19-21-46)25-28-8-15-35-36(22-28)52-26-51-35;3-1(4)2(5)6/h1-8,10-16,22-24H,9,17-21,25-26H2,(H,44,49);(H,3,4)(H,5,6). The highest BCUT2D eigenvalue weighted by atomic mass is 35.5. The molecule has 58 heavy (non-hydrogen) atoms. The van der Waals surface area contributed by atoms with Gasteiger partial charge >= 0.3 is 11.9 Å². The van der Waals surface area contributed by atoms with E-state index in [9.17, 15) is 14.4 Å². The van der Waals surface area contributed by atoms with E-state index >= 15 is 0 Å². The van der Waals surface area contributed by atoms with Crippen LogP contribution in [0.1, 0.15) is 38.3 Å². The summed E-state index contributed by atoms with van der Waals surface area (Å²) in [6, 6.07) is 30.6. The Morgan fingerprint density at radius 3 is 2.07 bits per heavy atom. The third kappa shape index (κ3) is 10.7. The summed E-state index contributed by atoms with van der Waals surface area (Å²) < 4.78 is 10.9. The summed E-state index contributed by atoms with van der Waals surface area (Å²) in [5.74, 6) is -2.22. The number of fused-ring (bicyclic) bond motifs is 1. The number of nitrogens with one attached hydrogen (secondary N) is 1. The number of nitrogens with zero attached hydrogens (tertiary/aromatic N) is 4. The molecular weight excluding hydrogens is 789 g/mol. The molecule has 3 heterocycles. The molecule has 1 fully saturated rings. The summed E-state index contributed by atoms with van der Waals surface area (Å²) in [7, 11) is 0. The number of rotatable bonds is 10. The fourth-order valence-corrected chi connectivity index (χ4v) is 6.47. The molecule has 0 aliphatic carbocycles. The zero-order chi connectivity index (χ0) is 41.2. The van der Waals surface area contributed by atoms with Crippen molar-refractivity contribution >= 4 is 70.1 Å². The fraction of sp³-hybridized carbons (Fsp3) is 0.190. The van der Waals surface area contributed by atoms with Gasteiger partial charge in [-0.15, -0.1) is 0 Å². The minimum absolute atomic E-state index is 0.128. The quantitative estimate of drug-likeness (QED) is 0.126. The van der Waals surface area contributed by atoms with Crippen LogP contribution < -0.4 is 19.7 Å². The lowest BCUT2D eigenvalue weighted by atomic mass is 10.1. The first kappa shape index (κ1) is 41.2. The number of pyridine rings is 1. The molecule has 0 saturated carbocycles. The maximum atomic E-state index is 13.8. The topological polar surface area (TPSA) is 179 Å². The molecule has 3 amide bonds. The molecule has 0 atom stereocenters. The first-order valence-corrected chi connectivity index (χ1v) is 18.8. The van der Waals surface area contributed by atoms with Crippen LogP contribution in [0.25, 0.3) is 0 Å². The van der Waals surface area contributed by atoms with Crippen molar-refractivity contribution in [1.29, 1.82) is 0 Å². The monoisotopic (exact) mass is 825 g/mol. The van der Waals surface area contributed by atoms with Gasteiger partial charge < -0.3 is 29.9 Å². The normalized spacial score (nSPS) is 13.2. The van der Waals surface area contributed by atoms with Gasteiger partial charge in [-0.05, 0) is 84.3 Å². The molecule has 2 aliphatic rings. The Balaban J connectivity index is 0.000000879. The van der Waals surface area contributed by atoms with Gasteiger partial charge in [0.05, 0.1) is 27.6 Å². The van der Waals surface area contributed by atoms with Crippen LogP contribution in [0.15, 0.2) is 109 Å². The summed E-state index contributed by atoms with van der Waals surface area (Å²) in [6.45, 7) is 4.03. The van der Waals surface area contributed by atoms with Gasteiger partial charge in [-0.2, -0.15) is 0 Å². The number of benzene rings is 4. The van der Waals surface area contributed by atoms with Crippen LogP contribution >= 0.6 is 23.2 Å². The van der Waals surface area contributed by atoms with Gasteiger partial charge in [-0.25, -0.2) is 14.6 Å². The Kier molecular flexibility index (Phi) is 13.6. The van der Waals surface area contributed by atoms with Crippen LogP contribution in [0, 0.1) is 0 Å². The molecule has 14 nitrogen and oxygen atoms in total. The number of carboxylic acids is 2. The molecule has 4 aromatic carbocycles. The van der Waals surface area contributed by atoms with Crippen LogP contribution in [0.4, 0.5) is 17.2 Å². The molecule has 0 unspecified atom stereocenters. The molecule has 1 saturated heterocycles. The minimum Gasteiger partial charge on any atom is -0.473 e. The Labute approximate surface area is 343 Å². The van der Waals surface area contributed by atoms with E-state index in [2.05, 4.69) is 21.3 Å². The molecule has 298 valence electrons. The summed E-state index contributed by atoms with van der Waals surface area (Å²) >= 11 is 12.1. The highest BCUT2D eigenvalue weighted by molar-refractivity contribution is 6.42. The Hall–Kier alpha value is -6.48. The van der Waals surface area contributed by atoms with Crippen LogP contribution in [0.2, 0.25) is 10.0 Å². The number of aliphatic carboxylic acids is 2. The van der Waals surface area contributed by atoms with Gasteiger partial charge in [0.2, 0.25) is 12.7 Å². The number of hydrogen-bond acceptors (Lipinski definition) is 9. The number of carbonyl (C=O) groups is 5. The van der Waals surface area contributed by atoms with E-state index in [1.165, 1.54) is 17.2 Å². The van der Waals surface area contributed by atoms with Gasteiger partial charge in [0.1, 0.15) is 5.82 Å². The van der Waals surface area contributed by atoms with Crippen LogP contribution in [-0.2, 0) is 27.3 Å². The molecule has 0 spiro atoms. The molecule has 5 aromatic rings. The summed E-state index contributed by atoms with van der Waals surface area (Å²) in [5.41, 5.74) is 4.04.